The van der Waals surface area contributed by atoms with Crippen molar-refractivity contribution in [2.45, 2.75) is 0 Å². The molecule has 0 bridgehead atoms. The Bertz CT molecular complexity index is 660. The number of ether oxygens (including phenoxy) is 1. The van der Waals surface area contributed by atoms with Crippen LogP contribution in [0.4, 0.5) is 10.1 Å². The zero-order valence-corrected chi connectivity index (χ0v) is 12.0. The van der Waals surface area contributed by atoms with Crippen LogP contribution in [0.5, 0.6) is 0 Å². The van der Waals surface area contributed by atoms with Gasteiger partial charge in [0.1, 0.15) is 12.4 Å². The Hall–Kier alpha value is -1.66. The van der Waals surface area contributed by atoms with E-state index in [2.05, 4.69) is 16.6 Å². The van der Waals surface area contributed by atoms with Crippen molar-refractivity contribution < 1.29 is 22.7 Å². The smallest absolute Gasteiger partial charge is 0.301 e. The second-order valence-corrected chi connectivity index (χ2v) is 5.94. The highest BCUT2D eigenvalue weighted by molar-refractivity contribution is 7.90. The fourth-order valence-electron chi connectivity index (χ4n) is 1.82. The minimum atomic E-state index is -3.70. The predicted molar refractivity (Wildman–Crippen MR) is 75.3 cm³/mol. The number of halogens is 1. The first-order valence-corrected chi connectivity index (χ1v) is 7.72. The third-order valence-corrected chi connectivity index (χ3v) is 4.36. The zero-order valence-electron chi connectivity index (χ0n) is 11.2. The van der Waals surface area contributed by atoms with Crippen LogP contribution in [0, 0.1) is 17.7 Å². The third kappa shape index (κ3) is 4.15. The number of rotatable bonds is 3. The van der Waals surface area contributed by atoms with Crippen LogP contribution in [-0.4, -0.2) is 50.7 Å². The molecule has 8 heteroatoms. The van der Waals surface area contributed by atoms with Crippen LogP contribution in [-0.2, 0) is 14.9 Å². The van der Waals surface area contributed by atoms with Crippen LogP contribution < -0.4 is 4.72 Å². The molecule has 0 atom stereocenters. The predicted octanol–water partition coefficient (Wildman–Crippen LogP) is 0.158. The molecule has 0 radical (unpaired) electrons. The van der Waals surface area contributed by atoms with Crippen molar-refractivity contribution >= 4 is 15.9 Å². The van der Waals surface area contributed by atoms with Gasteiger partial charge in [-0.3, -0.25) is 4.72 Å². The number of aliphatic hydroxyl groups is 1. The number of anilines is 1. The fourth-order valence-corrected chi connectivity index (χ4v) is 3.00. The number of aliphatic hydroxyl groups excluding tert-OH is 1. The topological polar surface area (TPSA) is 78.9 Å². The first-order chi connectivity index (χ1) is 10.0. The normalized spacial score (nSPS) is 16.1. The van der Waals surface area contributed by atoms with E-state index in [1.807, 2.05) is 0 Å². The summed E-state index contributed by atoms with van der Waals surface area (Å²) in [6.07, 6.45) is 0. The zero-order chi connectivity index (χ0) is 15.3. The fraction of sp³-hybridized carbons (Fsp3) is 0.385. The Balaban J connectivity index is 2.18. The quantitative estimate of drug-likeness (QED) is 0.779. The molecule has 0 aromatic heterocycles. The summed E-state index contributed by atoms with van der Waals surface area (Å²) >= 11 is 0. The Morgan fingerprint density at radius 1 is 1.38 bits per heavy atom. The monoisotopic (exact) mass is 314 g/mol. The number of benzene rings is 1. The maximum Gasteiger partial charge on any atom is 0.301 e. The van der Waals surface area contributed by atoms with Gasteiger partial charge in [0.2, 0.25) is 0 Å². The molecule has 0 spiro atoms. The van der Waals surface area contributed by atoms with Crippen LogP contribution in [0.2, 0.25) is 0 Å². The SMILES string of the molecule is O=S(=O)(Nc1ccc(F)c(C#CCO)c1)N1CCOCC1. The van der Waals surface area contributed by atoms with E-state index < -0.39 is 22.6 Å². The third-order valence-electron chi connectivity index (χ3n) is 2.83. The van der Waals surface area contributed by atoms with Crippen LogP contribution in [0.1, 0.15) is 5.56 Å². The van der Waals surface area contributed by atoms with Crippen molar-refractivity contribution in [2.75, 3.05) is 37.6 Å². The summed E-state index contributed by atoms with van der Waals surface area (Å²) in [4.78, 5) is 0. The molecule has 1 aliphatic rings. The molecule has 0 saturated carbocycles. The second kappa shape index (κ2) is 6.87. The standard InChI is InChI=1S/C13H15FN2O4S/c14-13-4-3-12(10-11(13)2-1-7-17)15-21(18,19)16-5-8-20-9-6-16/h3-4,10,15,17H,5-9H2. The summed E-state index contributed by atoms with van der Waals surface area (Å²) in [6.45, 7) is 0.833. The molecule has 1 saturated heterocycles. The van der Waals surface area contributed by atoms with E-state index >= 15 is 0 Å². The molecule has 6 nitrogen and oxygen atoms in total. The minimum Gasteiger partial charge on any atom is -0.384 e. The molecule has 0 aliphatic carbocycles. The van der Waals surface area contributed by atoms with E-state index in [1.165, 1.54) is 16.4 Å². The van der Waals surface area contributed by atoms with Crippen LogP contribution >= 0.6 is 0 Å². The van der Waals surface area contributed by atoms with Crippen molar-refractivity contribution in [1.82, 2.24) is 4.31 Å². The molecule has 2 N–H and O–H groups in total. The Kier molecular flexibility index (Phi) is 5.14. The van der Waals surface area contributed by atoms with Gasteiger partial charge in [-0.05, 0) is 18.2 Å². The molecule has 114 valence electrons. The molecule has 1 aliphatic heterocycles. The molecular weight excluding hydrogens is 299 g/mol. The minimum absolute atomic E-state index is 0.0197. The first kappa shape index (κ1) is 15.7. The highest BCUT2D eigenvalue weighted by atomic mass is 32.2. The van der Waals surface area contributed by atoms with Gasteiger partial charge in [0.25, 0.3) is 0 Å². The van der Waals surface area contributed by atoms with E-state index in [0.29, 0.717) is 13.2 Å². The van der Waals surface area contributed by atoms with E-state index in [0.717, 1.165) is 6.07 Å². The summed E-state index contributed by atoms with van der Waals surface area (Å²) in [6, 6.07) is 3.73. The molecule has 0 amide bonds. The lowest BCUT2D eigenvalue weighted by Gasteiger charge is -2.26. The first-order valence-electron chi connectivity index (χ1n) is 6.28. The summed E-state index contributed by atoms with van der Waals surface area (Å²) in [7, 11) is -3.70. The van der Waals surface area contributed by atoms with Crippen LogP contribution in [0.15, 0.2) is 18.2 Å². The molecule has 1 heterocycles. The second-order valence-electron chi connectivity index (χ2n) is 4.27. The average molecular weight is 314 g/mol. The molecule has 2 rings (SSSR count). The number of nitrogens with one attached hydrogen (secondary N) is 1. The molecule has 21 heavy (non-hydrogen) atoms. The molecule has 1 aromatic carbocycles. The summed E-state index contributed by atoms with van der Waals surface area (Å²) < 4.78 is 46.5. The molecular formula is C13H15FN2O4S. The van der Waals surface area contributed by atoms with Crippen molar-refractivity contribution in [3.8, 4) is 11.8 Å². The van der Waals surface area contributed by atoms with E-state index in [9.17, 15) is 12.8 Å². The van der Waals surface area contributed by atoms with Crippen LogP contribution in [0.3, 0.4) is 0 Å². The lowest BCUT2D eigenvalue weighted by Crippen LogP contribution is -2.43. The van der Waals surface area contributed by atoms with Crippen molar-refractivity contribution in [3.63, 3.8) is 0 Å². The van der Waals surface area contributed by atoms with Gasteiger partial charge in [0.05, 0.1) is 24.5 Å². The number of nitrogens with zero attached hydrogens (tertiary/aromatic N) is 1. The van der Waals surface area contributed by atoms with Gasteiger partial charge in [-0.2, -0.15) is 12.7 Å². The van der Waals surface area contributed by atoms with Gasteiger partial charge < -0.3 is 9.84 Å². The molecule has 1 fully saturated rings. The summed E-state index contributed by atoms with van der Waals surface area (Å²) in [5.41, 5.74) is 0.233. The summed E-state index contributed by atoms with van der Waals surface area (Å²) in [5.74, 6) is 4.17. The van der Waals surface area contributed by atoms with Crippen molar-refractivity contribution in [1.29, 1.82) is 0 Å². The highest BCUT2D eigenvalue weighted by Crippen LogP contribution is 2.17. The van der Waals surface area contributed by atoms with Gasteiger partial charge in [-0.15, -0.1) is 0 Å². The average Bonchev–Trinajstić information content (AvgIpc) is 2.48. The Labute approximate surface area is 122 Å². The van der Waals surface area contributed by atoms with Gasteiger partial charge in [-0.25, -0.2) is 4.39 Å². The number of hydrogen-bond donors (Lipinski definition) is 2. The largest absolute Gasteiger partial charge is 0.384 e. The summed E-state index contributed by atoms with van der Waals surface area (Å²) in [5, 5.41) is 8.62. The van der Waals surface area contributed by atoms with E-state index in [1.54, 1.807) is 0 Å². The molecule has 0 unspecified atom stereocenters. The van der Waals surface area contributed by atoms with Gasteiger partial charge in [-0.1, -0.05) is 11.8 Å². The highest BCUT2D eigenvalue weighted by Gasteiger charge is 2.24. The number of morpholine rings is 1. The Morgan fingerprint density at radius 3 is 2.76 bits per heavy atom. The van der Waals surface area contributed by atoms with Gasteiger partial charge in [0, 0.05) is 13.1 Å². The van der Waals surface area contributed by atoms with Gasteiger partial charge >= 0.3 is 10.2 Å². The lowest BCUT2D eigenvalue weighted by atomic mass is 10.2. The maximum absolute atomic E-state index is 13.5. The maximum atomic E-state index is 13.5. The van der Waals surface area contributed by atoms with E-state index in [4.69, 9.17) is 9.84 Å². The van der Waals surface area contributed by atoms with Crippen molar-refractivity contribution in [3.05, 3.63) is 29.6 Å². The number of hydrogen-bond acceptors (Lipinski definition) is 4. The van der Waals surface area contributed by atoms with E-state index in [-0.39, 0.29) is 24.3 Å². The molecule has 1 aromatic rings. The van der Waals surface area contributed by atoms with Crippen LogP contribution in [0.25, 0.3) is 0 Å². The Morgan fingerprint density at radius 2 is 2.10 bits per heavy atom. The van der Waals surface area contributed by atoms with Gasteiger partial charge in [0.15, 0.2) is 0 Å². The lowest BCUT2D eigenvalue weighted by molar-refractivity contribution is 0.0733. The van der Waals surface area contributed by atoms with Crippen molar-refractivity contribution in [2.24, 2.45) is 0 Å².